The zero-order valence-corrected chi connectivity index (χ0v) is 11.5. The number of anilines is 2. The molecule has 0 bridgehead atoms. The van der Waals surface area contributed by atoms with Crippen LogP contribution in [0.4, 0.5) is 17.3 Å². The second-order valence-electron chi connectivity index (χ2n) is 5.07. The second-order valence-corrected chi connectivity index (χ2v) is 5.07. The van der Waals surface area contributed by atoms with Crippen molar-refractivity contribution >= 4 is 17.3 Å². The van der Waals surface area contributed by atoms with Gasteiger partial charge < -0.3 is 15.7 Å². The van der Waals surface area contributed by atoms with Gasteiger partial charge in [0.2, 0.25) is 0 Å². The first-order valence-electron chi connectivity index (χ1n) is 6.92. The van der Waals surface area contributed by atoms with E-state index in [1.54, 1.807) is 0 Å². The average Bonchev–Trinajstić information content (AvgIpc) is 3.26. The molecule has 3 N–H and O–H groups in total. The van der Waals surface area contributed by atoms with Gasteiger partial charge in [-0.05, 0) is 25.2 Å². The Balaban J connectivity index is 2.04. The standard InChI is InChI=1S/C13H20N4O3/c1-2-5-14-12-6-10(17(19)20)7-13(16-12)15-8-11(18)9-3-4-9/h6-7,9,11,18H,2-5,8H2,1H3,(H2,14,15,16). The van der Waals surface area contributed by atoms with Crippen LogP contribution in [0.5, 0.6) is 0 Å². The summed E-state index contributed by atoms with van der Waals surface area (Å²) >= 11 is 0. The molecule has 1 fully saturated rings. The molecule has 1 aliphatic carbocycles. The van der Waals surface area contributed by atoms with Gasteiger partial charge in [-0.3, -0.25) is 10.1 Å². The third-order valence-corrected chi connectivity index (χ3v) is 3.24. The largest absolute Gasteiger partial charge is 0.391 e. The van der Waals surface area contributed by atoms with Crippen molar-refractivity contribution in [1.29, 1.82) is 0 Å². The molecule has 7 heteroatoms. The minimum absolute atomic E-state index is 0.0120. The van der Waals surface area contributed by atoms with Gasteiger partial charge in [0, 0.05) is 13.1 Å². The normalized spacial score (nSPS) is 15.7. The number of nitro groups is 1. The maximum Gasteiger partial charge on any atom is 0.276 e. The molecule has 0 spiro atoms. The first-order valence-corrected chi connectivity index (χ1v) is 6.92. The van der Waals surface area contributed by atoms with Gasteiger partial charge in [-0.1, -0.05) is 6.92 Å². The van der Waals surface area contributed by atoms with Crippen molar-refractivity contribution in [2.75, 3.05) is 23.7 Å². The molecular formula is C13H20N4O3. The summed E-state index contributed by atoms with van der Waals surface area (Å²) in [5.74, 6) is 1.25. The zero-order chi connectivity index (χ0) is 14.5. The van der Waals surface area contributed by atoms with Crippen LogP contribution < -0.4 is 10.6 Å². The predicted octanol–water partition coefficient (Wildman–Crippen LogP) is 1.99. The molecule has 1 saturated carbocycles. The van der Waals surface area contributed by atoms with Crippen LogP contribution in [0.25, 0.3) is 0 Å². The molecule has 7 nitrogen and oxygen atoms in total. The van der Waals surface area contributed by atoms with Crippen LogP contribution >= 0.6 is 0 Å². The van der Waals surface area contributed by atoms with Crippen LogP contribution in [0.3, 0.4) is 0 Å². The summed E-state index contributed by atoms with van der Waals surface area (Å²) in [5.41, 5.74) is -0.0120. The third kappa shape index (κ3) is 4.06. The molecule has 0 aliphatic heterocycles. The van der Waals surface area contributed by atoms with E-state index >= 15 is 0 Å². The van der Waals surface area contributed by atoms with Gasteiger partial charge in [0.05, 0.1) is 23.2 Å². The van der Waals surface area contributed by atoms with Crippen molar-refractivity contribution in [3.8, 4) is 0 Å². The van der Waals surface area contributed by atoms with E-state index in [0.717, 1.165) is 19.3 Å². The highest BCUT2D eigenvalue weighted by atomic mass is 16.6. The lowest BCUT2D eigenvalue weighted by Crippen LogP contribution is -2.22. The smallest absolute Gasteiger partial charge is 0.276 e. The Morgan fingerprint density at radius 1 is 1.45 bits per heavy atom. The predicted molar refractivity (Wildman–Crippen MR) is 76.9 cm³/mol. The molecule has 0 aromatic carbocycles. The number of pyridine rings is 1. The van der Waals surface area contributed by atoms with E-state index in [2.05, 4.69) is 15.6 Å². The minimum Gasteiger partial charge on any atom is -0.391 e. The van der Waals surface area contributed by atoms with Crippen molar-refractivity contribution in [3.63, 3.8) is 0 Å². The van der Waals surface area contributed by atoms with Crippen molar-refractivity contribution in [1.82, 2.24) is 4.98 Å². The number of hydrogen-bond donors (Lipinski definition) is 3. The number of rotatable bonds is 8. The Labute approximate surface area is 117 Å². The van der Waals surface area contributed by atoms with Gasteiger partial charge in [0.15, 0.2) is 0 Å². The van der Waals surface area contributed by atoms with Crippen molar-refractivity contribution < 1.29 is 10.0 Å². The summed E-state index contributed by atoms with van der Waals surface area (Å²) in [6.45, 7) is 3.08. The fourth-order valence-corrected chi connectivity index (χ4v) is 1.91. The zero-order valence-electron chi connectivity index (χ0n) is 11.5. The number of aliphatic hydroxyl groups excluding tert-OH is 1. The lowest BCUT2D eigenvalue weighted by Gasteiger charge is -2.12. The lowest BCUT2D eigenvalue weighted by molar-refractivity contribution is -0.384. The summed E-state index contributed by atoms with van der Waals surface area (Å²) in [5, 5.41) is 26.7. The SMILES string of the molecule is CCCNc1cc([N+](=O)[O-])cc(NCC(O)C2CC2)n1. The van der Waals surface area contributed by atoms with Gasteiger partial charge in [0.25, 0.3) is 5.69 Å². The van der Waals surface area contributed by atoms with Gasteiger partial charge in [-0.15, -0.1) is 0 Å². The van der Waals surface area contributed by atoms with E-state index in [1.807, 2.05) is 6.92 Å². The topological polar surface area (TPSA) is 100 Å². The maximum absolute atomic E-state index is 10.9. The number of hydrogen-bond acceptors (Lipinski definition) is 6. The summed E-state index contributed by atoms with van der Waals surface area (Å²) in [7, 11) is 0. The molecule has 1 aromatic heterocycles. The fourth-order valence-electron chi connectivity index (χ4n) is 1.91. The molecule has 0 amide bonds. The molecule has 2 rings (SSSR count). The molecule has 110 valence electrons. The first-order chi connectivity index (χ1) is 9.60. The van der Waals surface area contributed by atoms with E-state index in [9.17, 15) is 15.2 Å². The fraction of sp³-hybridized carbons (Fsp3) is 0.615. The molecule has 1 heterocycles. The highest BCUT2D eigenvalue weighted by molar-refractivity contribution is 5.54. The number of nitrogens with zero attached hydrogens (tertiary/aromatic N) is 2. The van der Waals surface area contributed by atoms with Gasteiger partial charge in [-0.25, -0.2) is 4.98 Å². The van der Waals surface area contributed by atoms with Crippen LogP contribution in [0.1, 0.15) is 26.2 Å². The minimum atomic E-state index is -0.443. The van der Waals surface area contributed by atoms with Gasteiger partial charge in [-0.2, -0.15) is 0 Å². The van der Waals surface area contributed by atoms with Crippen LogP contribution in [-0.2, 0) is 0 Å². The van der Waals surface area contributed by atoms with Gasteiger partial charge >= 0.3 is 0 Å². The first kappa shape index (κ1) is 14.5. The summed E-state index contributed by atoms with van der Waals surface area (Å²) < 4.78 is 0. The number of aliphatic hydroxyl groups is 1. The molecule has 1 aromatic rings. The molecular weight excluding hydrogens is 260 g/mol. The summed E-state index contributed by atoms with van der Waals surface area (Å²) in [6, 6.07) is 2.80. The monoisotopic (exact) mass is 280 g/mol. The average molecular weight is 280 g/mol. The lowest BCUT2D eigenvalue weighted by atomic mass is 10.2. The van der Waals surface area contributed by atoms with E-state index < -0.39 is 11.0 Å². The van der Waals surface area contributed by atoms with E-state index in [1.165, 1.54) is 12.1 Å². The maximum atomic E-state index is 10.9. The Bertz CT molecular complexity index is 477. The van der Waals surface area contributed by atoms with Gasteiger partial charge in [0.1, 0.15) is 11.6 Å². The quantitative estimate of drug-likeness (QED) is 0.497. The van der Waals surface area contributed by atoms with Crippen LogP contribution in [0.2, 0.25) is 0 Å². The van der Waals surface area contributed by atoms with Crippen molar-refractivity contribution in [2.45, 2.75) is 32.3 Å². The van der Waals surface area contributed by atoms with E-state index in [0.29, 0.717) is 30.6 Å². The summed E-state index contributed by atoms with van der Waals surface area (Å²) in [4.78, 5) is 14.7. The number of nitrogens with one attached hydrogen (secondary N) is 2. The Hall–Kier alpha value is -1.89. The second kappa shape index (κ2) is 6.51. The van der Waals surface area contributed by atoms with Crippen LogP contribution in [-0.4, -0.2) is 34.2 Å². The molecule has 1 atom stereocenters. The van der Waals surface area contributed by atoms with E-state index in [-0.39, 0.29) is 5.69 Å². The van der Waals surface area contributed by atoms with E-state index in [4.69, 9.17) is 0 Å². The van der Waals surface area contributed by atoms with Crippen molar-refractivity contribution in [2.24, 2.45) is 5.92 Å². The Kier molecular flexibility index (Phi) is 4.73. The molecule has 1 aliphatic rings. The van der Waals surface area contributed by atoms with Crippen LogP contribution in [0, 0.1) is 16.0 Å². The molecule has 0 radical (unpaired) electrons. The Morgan fingerprint density at radius 3 is 2.65 bits per heavy atom. The summed E-state index contributed by atoms with van der Waals surface area (Å²) in [6.07, 6.45) is 2.60. The highest BCUT2D eigenvalue weighted by Gasteiger charge is 2.29. The number of aromatic nitrogens is 1. The van der Waals surface area contributed by atoms with Crippen molar-refractivity contribution in [3.05, 3.63) is 22.2 Å². The molecule has 1 unspecified atom stereocenters. The Morgan fingerprint density at radius 2 is 2.10 bits per heavy atom. The molecule has 0 saturated heterocycles. The van der Waals surface area contributed by atoms with Crippen LogP contribution in [0.15, 0.2) is 12.1 Å². The highest BCUT2D eigenvalue weighted by Crippen LogP contribution is 2.32. The third-order valence-electron chi connectivity index (χ3n) is 3.24. The molecule has 20 heavy (non-hydrogen) atoms.